The zero-order chi connectivity index (χ0) is 18.1. The maximum atomic E-state index is 12.8. The van der Waals surface area contributed by atoms with Crippen LogP contribution in [0.25, 0.3) is 0 Å². The number of aliphatic carboxylic acids is 1. The van der Waals surface area contributed by atoms with Crippen LogP contribution in [-0.2, 0) is 9.59 Å². The highest BCUT2D eigenvalue weighted by atomic mass is 16.4. The number of carbonyl (C=O) groups excluding carboxylic acids is 2. The van der Waals surface area contributed by atoms with Gasteiger partial charge >= 0.3 is 5.97 Å². The highest BCUT2D eigenvalue weighted by Crippen LogP contribution is 2.48. The van der Waals surface area contributed by atoms with Crippen molar-refractivity contribution in [3.8, 4) is 0 Å². The van der Waals surface area contributed by atoms with Gasteiger partial charge < -0.3 is 15.7 Å². The maximum absolute atomic E-state index is 12.8. The van der Waals surface area contributed by atoms with Gasteiger partial charge in [-0.25, -0.2) is 0 Å². The molecule has 1 fully saturated rings. The van der Waals surface area contributed by atoms with Crippen molar-refractivity contribution in [2.75, 3.05) is 11.9 Å². The second-order valence-corrected chi connectivity index (χ2v) is 6.72. The molecule has 6 heteroatoms. The zero-order valence-corrected chi connectivity index (χ0v) is 14.3. The van der Waals surface area contributed by atoms with Gasteiger partial charge in [0.05, 0.1) is 11.8 Å². The van der Waals surface area contributed by atoms with Crippen molar-refractivity contribution in [1.82, 2.24) is 5.32 Å². The van der Waals surface area contributed by atoms with E-state index in [4.69, 9.17) is 0 Å². The van der Waals surface area contributed by atoms with Crippen LogP contribution in [0.1, 0.15) is 29.3 Å². The minimum atomic E-state index is -0.926. The van der Waals surface area contributed by atoms with Crippen LogP contribution in [0.5, 0.6) is 0 Å². The summed E-state index contributed by atoms with van der Waals surface area (Å²) in [5.41, 5.74) is 1.84. The molecule has 2 amide bonds. The predicted molar refractivity (Wildman–Crippen MR) is 93.2 cm³/mol. The molecule has 0 heterocycles. The predicted octanol–water partition coefficient (Wildman–Crippen LogP) is 2.21. The van der Waals surface area contributed by atoms with Crippen molar-refractivity contribution in [2.45, 2.75) is 20.3 Å². The number of aryl methyl sites for hydroxylation is 1. The van der Waals surface area contributed by atoms with Crippen LogP contribution in [0.3, 0.4) is 0 Å². The Bertz CT molecular complexity index is 756. The molecule has 2 aliphatic carbocycles. The summed E-state index contributed by atoms with van der Waals surface area (Å²) in [5.74, 6) is -2.77. The number of nitrogens with one attached hydrogen (secondary N) is 2. The van der Waals surface area contributed by atoms with Gasteiger partial charge in [-0.1, -0.05) is 18.2 Å². The highest BCUT2D eigenvalue weighted by Gasteiger charge is 2.51. The number of carboxylic acids is 1. The summed E-state index contributed by atoms with van der Waals surface area (Å²) in [6, 6.07) is 5.11. The Labute approximate surface area is 146 Å². The summed E-state index contributed by atoms with van der Waals surface area (Å²) in [4.78, 5) is 36.3. The Morgan fingerprint density at radius 1 is 1.16 bits per heavy atom. The van der Waals surface area contributed by atoms with Gasteiger partial charge in [-0.05, 0) is 49.8 Å². The fourth-order valence-electron chi connectivity index (χ4n) is 3.89. The Hall–Kier alpha value is -2.63. The molecule has 132 valence electrons. The Kier molecular flexibility index (Phi) is 4.61. The first kappa shape index (κ1) is 17.2. The zero-order valence-electron chi connectivity index (χ0n) is 14.3. The molecule has 2 aliphatic rings. The molecule has 0 spiro atoms. The third kappa shape index (κ3) is 3.16. The van der Waals surface area contributed by atoms with Gasteiger partial charge in [-0.15, -0.1) is 0 Å². The van der Waals surface area contributed by atoms with Crippen molar-refractivity contribution in [2.24, 2.45) is 23.7 Å². The topological polar surface area (TPSA) is 95.5 Å². The lowest BCUT2D eigenvalue weighted by Crippen LogP contribution is -2.36. The number of carboxylic acid groups (broad SMARTS) is 1. The van der Waals surface area contributed by atoms with Crippen LogP contribution < -0.4 is 10.6 Å². The molecule has 1 saturated carbocycles. The molecule has 0 radical (unpaired) electrons. The molecule has 3 rings (SSSR count). The third-order valence-electron chi connectivity index (χ3n) is 5.14. The number of benzene rings is 1. The van der Waals surface area contributed by atoms with Crippen molar-refractivity contribution >= 4 is 23.5 Å². The van der Waals surface area contributed by atoms with E-state index in [0.29, 0.717) is 24.2 Å². The molecule has 1 aromatic carbocycles. The molecule has 2 bridgehead atoms. The van der Waals surface area contributed by atoms with E-state index in [1.165, 1.54) is 0 Å². The van der Waals surface area contributed by atoms with E-state index in [2.05, 4.69) is 10.6 Å². The van der Waals surface area contributed by atoms with Crippen molar-refractivity contribution in [3.63, 3.8) is 0 Å². The second kappa shape index (κ2) is 6.70. The molecule has 0 unspecified atom stereocenters. The van der Waals surface area contributed by atoms with Gasteiger partial charge in [-0.3, -0.25) is 14.4 Å². The highest BCUT2D eigenvalue weighted by molar-refractivity contribution is 5.99. The normalized spacial score (nSPS) is 26.5. The summed E-state index contributed by atoms with van der Waals surface area (Å²) in [6.07, 6.45) is 4.58. The Morgan fingerprint density at radius 2 is 1.84 bits per heavy atom. The van der Waals surface area contributed by atoms with E-state index in [9.17, 15) is 19.5 Å². The molecule has 0 aliphatic heterocycles. The smallest absolute Gasteiger partial charge is 0.307 e. The van der Waals surface area contributed by atoms with Gasteiger partial charge in [0.1, 0.15) is 0 Å². The summed E-state index contributed by atoms with van der Waals surface area (Å²) in [5, 5.41) is 15.0. The fraction of sp³-hybridized carbons (Fsp3) is 0.421. The number of hydrogen-bond donors (Lipinski definition) is 3. The lowest BCUT2D eigenvalue weighted by atomic mass is 9.82. The van der Waals surface area contributed by atoms with Gasteiger partial charge in [-0.2, -0.15) is 0 Å². The maximum Gasteiger partial charge on any atom is 0.307 e. The summed E-state index contributed by atoms with van der Waals surface area (Å²) in [6.45, 7) is 4.20. The number of anilines is 1. The quantitative estimate of drug-likeness (QED) is 0.715. The number of rotatable bonds is 5. The summed E-state index contributed by atoms with van der Waals surface area (Å²) >= 11 is 0. The minimum absolute atomic E-state index is 0.0296. The van der Waals surface area contributed by atoms with E-state index in [-0.39, 0.29) is 23.7 Å². The number of hydrogen-bond acceptors (Lipinski definition) is 3. The lowest BCUT2D eigenvalue weighted by Gasteiger charge is -2.24. The van der Waals surface area contributed by atoms with Crippen molar-refractivity contribution < 1.29 is 19.5 Å². The molecule has 4 atom stereocenters. The molecule has 25 heavy (non-hydrogen) atoms. The van der Waals surface area contributed by atoms with Gasteiger partial charge in [0, 0.05) is 17.8 Å². The van der Waals surface area contributed by atoms with Crippen LogP contribution >= 0.6 is 0 Å². The van der Waals surface area contributed by atoms with Crippen LogP contribution in [-0.4, -0.2) is 29.4 Å². The molecule has 0 aromatic heterocycles. The van der Waals surface area contributed by atoms with Crippen molar-refractivity contribution in [3.05, 3.63) is 41.5 Å². The van der Waals surface area contributed by atoms with E-state index in [0.717, 1.165) is 5.56 Å². The molecule has 0 saturated heterocycles. The van der Waals surface area contributed by atoms with Crippen LogP contribution in [0.4, 0.5) is 5.69 Å². The summed E-state index contributed by atoms with van der Waals surface area (Å²) in [7, 11) is 0. The van der Waals surface area contributed by atoms with Crippen molar-refractivity contribution in [1.29, 1.82) is 0 Å². The SMILES string of the molecule is CCNC(=O)c1ccc(C)c(NC(=O)[C@@H]2[C@@H](C(=O)O)[C@H]3C=C[C@H]2C3)c1. The van der Waals surface area contributed by atoms with Gasteiger partial charge in [0.2, 0.25) is 5.91 Å². The molecule has 1 aromatic rings. The third-order valence-corrected chi connectivity index (χ3v) is 5.14. The average Bonchev–Trinajstić information content (AvgIpc) is 3.18. The largest absolute Gasteiger partial charge is 0.481 e. The van der Waals surface area contributed by atoms with Gasteiger partial charge in [0.15, 0.2) is 0 Å². The first-order chi connectivity index (χ1) is 11.9. The molecular weight excluding hydrogens is 320 g/mol. The second-order valence-electron chi connectivity index (χ2n) is 6.72. The Balaban J connectivity index is 1.81. The molecule has 3 N–H and O–H groups in total. The summed E-state index contributed by atoms with van der Waals surface area (Å²) < 4.78 is 0. The molecular formula is C19H22N2O4. The molecule has 6 nitrogen and oxygen atoms in total. The van der Waals surface area contributed by atoms with Gasteiger partial charge in [0.25, 0.3) is 5.91 Å². The van der Waals surface area contributed by atoms with Crippen LogP contribution in [0.15, 0.2) is 30.4 Å². The number of carbonyl (C=O) groups is 3. The minimum Gasteiger partial charge on any atom is -0.481 e. The number of amides is 2. The number of fused-ring (bicyclic) bond motifs is 2. The van der Waals surface area contributed by atoms with Crippen LogP contribution in [0, 0.1) is 30.6 Å². The lowest BCUT2D eigenvalue weighted by molar-refractivity contribution is -0.146. The first-order valence-electron chi connectivity index (χ1n) is 8.53. The van der Waals surface area contributed by atoms with E-state index >= 15 is 0 Å². The van der Waals surface area contributed by atoms with E-state index in [1.54, 1.807) is 18.2 Å². The van der Waals surface area contributed by atoms with E-state index < -0.39 is 17.8 Å². The van der Waals surface area contributed by atoms with E-state index in [1.807, 2.05) is 26.0 Å². The first-order valence-corrected chi connectivity index (χ1v) is 8.53. The average molecular weight is 342 g/mol. The van der Waals surface area contributed by atoms with Crippen LogP contribution in [0.2, 0.25) is 0 Å². The standard InChI is InChI=1S/C19H22N2O4/c1-3-20-17(22)13-5-4-10(2)14(9-13)21-18(23)15-11-6-7-12(8-11)16(15)19(24)25/h4-7,9,11-12,15-16H,3,8H2,1-2H3,(H,20,22)(H,21,23)(H,24,25)/t11-,12-,15-,16-/m0/s1. The number of allylic oxidation sites excluding steroid dienone is 2. The fourth-order valence-corrected chi connectivity index (χ4v) is 3.89. The Morgan fingerprint density at radius 3 is 2.48 bits per heavy atom. The monoisotopic (exact) mass is 342 g/mol.